The average molecular weight is 274 g/mol. The molecular weight excluding hydrogens is 252 g/mol. The molecule has 1 aliphatic carbocycles. The normalized spacial score (nSPS) is 28.8. The molecule has 1 saturated carbocycles. The highest BCUT2D eigenvalue weighted by atomic mass is 16.5. The van der Waals surface area contributed by atoms with Gasteiger partial charge in [0.2, 0.25) is 0 Å². The van der Waals surface area contributed by atoms with Crippen LogP contribution in [-0.2, 0) is 4.79 Å². The number of hydrogen-bond acceptors (Lipinski definition) is 3. The van der Waals surface area contributed by atoms with Crippen LogP contribution in [0.15, 0.2) is 24.3 Å². The van der Waals surface area contributed by atoms with Gasteiger partial charge in [0.15, 0.2) is 6.10 Å². The maximum absolute atomic E-state index is 12.3. The van der Waals surface area contributed by atoms with Gasteiger partial charge in [-0.05, 0) is 30.9 Å². The van der Waals surface area contributed by atoms with Crippen molar-refractivity contribution in [2.24, 2.45) is 5.92 Å². The van der Waals surface area contributed by atoms with E-state index in [4.69, 9.17) is 4.74 Å². The number of hydrogen-bond donors (Lipinski definition) is 2. The molecule has 0 spiro atoms. The zero-order chi connectivity index (χ0) is 13.9. The lowest BCUT2D eigenvalue weighted by Crippen LogP contribution is -2.50. The van der Waals surface area contributed by atoms with E-state index in [0.29, 0.717) is 18.5 Å². The topological polar surface area (TPSA) is 50.4 Å². The Balaban J connectivity index is 1.61. The molecule has 2 N–H and O–H groups in total. The number of carbonyl (C=O) groups is 1. The highest BCUT2D eigenvalue weighted by Gasteiger charge is 2.29. The molecule has 1 heterocycles. The van der Waals surface area contributed by atoms with Gasteiger partial charge in [-0.1, -0.05) is 31.9 Å². The quantitative estimate of drug-likeness (QED) is 0.871. The predicted molar refractivity (Wildman–Crippen MR) is 78.9 cm³/mol. The van der Waals surface area contributed by atoms with E-state index in [0.717, 1.165) is 17.9 Å². The molecule has 20 heavy (non-hydrogen) atoms. The van der Waals surface area contributed by atoms with Gasteiger partial charge in [0, 0.05) is 6.04 Å². The SMILES string of the molecule is CC1CCCCC1NC(=O)C1CNc2ccccc2O1. The Bertz CT molecular complexity index is 489. The van der Waals surface area contributed by atoms with Crippen LogP contribution in [0, 0.1) is 5.92 Å². The number of rotatable bonds is 2. The van der Waals surface area contributed by atoms with E-state index in [1.165, 1.54) is 19.3 Å². The molecule has 1 fully saturated rings. The molecule has 0 aromatic heterocycles. The molecule has 0 radical (unpaired) electrons. The van der Waals surface area contributed by atoms with Crippen LogP contribution < -0.4 is 15.4 Å². The zero-order valence-electron chi connectivity index (χ0n) is 11.9. The molecule has 108 valence electrons. The summed E-state index contributed by atoms with van der Waals surface area (Å²) in [6.07, 6.45) is 4.35. The van der Waals surface area contributed by atoms with Crippen molar-refractivity contribution >= 4 is 11.6 Å². The van der Waals surface area contributed by atoms with Crippen molar-refractivity contribution in [2.45, 2.75) is 44.8 Å². The smallest absolute Gasteiger partial charge is 0.263 e. The second kappa shape index (κ2) is 5.73. The summed E-state index contributed by atoms with van der Waals surface area (Å²) >= 11 is 0. The largest absolute Gasteiger partial charge is 0.477 e. The maximum Gasteiger partial charge on any atom is 0.263 e. The summed E-state index contributed by atoms with van der Waals surface area (Å²) in [5, 5.41) is 6.42. The number of carbonyl (C=O) groups excluding carboxylic acids is 1. The summed E-state index contributed by atoms with van der Waals surface area (Å²) in [4.78, 5) is 12.3. The highest BCUT2D eigenvalue weighted by molar-refractivity contribution is 5.83. The fourth-order valence-corrected chi connectivity index (χ4v) is 3.07. The standard InChI is InChI=1S/C16H22N2O2/c1-11-6-2-3-7-12(11)18-16(19)15-10-17-13-8-4-5-9-14(13)20-15/h4-5,8-9,11-12,15,17H,2-3,6-7,10H2,1H3,(H,18,19). The summed E-state index contributed by atoms with van der Waals surface area (Å²) in [6, 6.07) is 8.04. The van der Waals surface area contributed by atoms with Gasteiger partial charge in [-0.25, -0.2) is 0 Å². The predicted octanol–water partition coefficient (Wildman–Crippen LogP) is 2.55. The van der Waals surface area contributed by atoms with E-state index in [-0.39, 0.29) is 5.91 Å². The first kappa shape index (κ1) is 13.3. The van der Waals surface area contributed by atoms with E-state index in [1.807, 2.05) is 24.3 Å². The fourth-order valence-electron chi connectivity index (χ4n) is 3.07. The fraction of sp³-hybridized carbons (Fsp3) is 0.562. The number of amides is 1. The van der Waals surface area contributed by atoms with Crippen LogP contribution in [0.4, 0.5) is 5.69 Å². The molecule has 1 aliphatic heterocycles. The van der Waals surface area contributed by atoms with Crippen molar-refractivity contribution in [2.75, 3.05) is 11.9 Å². The molecule has 2 aliphatic rings. The number of nitrogens with one attached hydrogen (secondary N) is 2. The summed E-state index contributed by atoms with van der Waals surface area (Å²) in [7, 11) is 0. The molecule has 3 rings (SSSR count). The van der Waals surface area contributed by atoms with Gasteiger partial charge < -0.3 is 15.4 Å². The van der Waals surface area contributed by atoms with E-state index in [2.05, 4.69) is 17.6 Å². The van der Waals surface area contributed by atoms with Gasteiger partial charge in [0.1, 0.15) is 5.75 Å². The van der Waals surface area contributed by atoms with Gasteiger partial charge in [-0.3, -0.25) is 4.79 Å². The van der Waals surface area contributed by atoms with Crippen molar-refractivity contribution in [3.8, 4) is 5.75 Å². The Hall–Kier alpha value is -1.71. The first-order valence-electron chi connectivity index (χ1n) is 7.54. The summed E-state index contributed by atoms with van der Waals surface area (Å²) < 4.78 is 5.80. The number of fused-ring (bicyclic) bond motifs is 1. The Morgan fingerprint density at radius 2 is 2.10 bits per heavy atom. The van der Waals surface area contributed by atoms with Crippen LogP contribution in [0.5, 0.6) is 5.75 Å². The lowest BCUT2D eigenvalue weighted by atomic mass is 9.86. The minimum absolute atomic E-state index is 0.00533. The van der Waals surface area contributed by atoms with Crippen LogP contribution in [0.2, 0.25) is 0 Å². The van der Waals surface area contributed by atoms with E-state index in [9.17, 15) is 4.79 Å². The molecule has 1 aromatic rings. The minimum atomic E-state index is -0.431. The molecule has 1 aromatic carbocycles. The Morgan fingerprint density at radius 3 is 2.95 bits per heavy atom. The van der Waals surface area contributed by atoms with E-state index in [1.54, 1.807) is 0 Å². The third-order valence-electron chi connectivity index (χ3n) is 4.37. The lowest BCUT2D eigenvalue weighted by molar-refractivity contribution is -0.128. The molecule has 4 nitrogen and oxygen atoms in total. The number of ether oxygens (including phenoxy) is 1. The van der Waals surface area contributed by atoms with Crippen LogP contribution in [0.1, 0.15) is 32.6 Å². The van der Waals surface area contributed by atoms with Gasteiger partial charge in [-0.2, -0.15) is 0 Å². The van der Waals surface area contributed by atoms with Gasteiger partial charge >= 0.3 is 0 Å². The highest BCUT2D eigenvalue weighted by Crippen LogP contribution is 2.29. The molecule has 3 atom stereocenters. The maximum atomic E-state index is 12.3. The van der Waals surface area contributed by atoms with Gasteiger partial charge in [-0.15, -0.1) is 0 Å². The van der Waals surface area contributed by atoms with Crippen molar-refractivity contribution in [1.29, 1.82) is 0 Å². The minimum Gasteiger partial charge on any atom is -0.477 e. The van der Waals surface area contributed by atoms with Crippen LogP contribution in [0.25, 0.3) is 0 Å². The molecule has 3 unspecified atom stereocenters. The van der Waals surface area contributed by atoms with Crippen molar-refractivity contribution in [3.05, 3.63) is 24.3 Å². The molecule has 0 bridgehead atoms. The van der Waals surface area contributed by atoms with Gasteiger partial charge in [0.25, 0.3) is 5.91 Å². The molecular formula is C16H22N2O2. The summed E-state index contributed by atoms with van der Waals surface area (Å²) in [5.41, 5.74) is 0.961. The average Bonchev–Trinajstić information content (AvgIpc) is 2.49. The Morgan fingerprint density at radius 1 is 1.30 bits per heavy atom. The first-order chi connectivity index (χ1) is 9.74. The Labute approximate surface area is 119 Å². The molecule has 4 heteroatoms. The third-order valence-corrected chi connectivity index (χ3v) is 4.37. The lowest BCUT2D eigenvalue weighted by Gasteiger charge is -2.32. The number of benzene rings is 1. The van der Waals surface area contributed by atoms with Gasteiger partial charge in [0.05, 0.1) is 12.2 Å². The van der Waals surface area contributed by atoms with Crippen molar-refractivity contribution in [1.82, 2.24) is 5.32 Å². The number of anilines is 1. The van der Waals surface area contributed by atoms with Crippen LogP contribution in [0.3, 0.4) is 0 Å². The number of para-hydroxylation sites is 2. The second-order valence-corrected chi connectivity index (χ2v) is 5.86. The third kappa shape index (κ3) is 2.74. The van der Waals surface area contributed by atoms with Crippen LogP contribution in [-0.4, -0.2) is 24.6 Å². The first-order valence-corrected chi connectivity index (χ1v) is 7.54. The Kier molecular flexibility index (Phi) is 3.81. The second-order valence-electron chi connectivity index (χ2n) is 5.86. The zero-order valence-corrected chi connectivity index (χ0v) is 11.9. The van der Waals surface area contributed by atoms with Crippen molar-refractivity contribution in [3.63, 3.8) is 0 Å². The van der Waals surface area contributed by atoms with Crippen molar-refractivity contribution < 1.29 is 9.53 Å². The van der Waals surface area contributed by atoms with E-state index >= 15 is 0 Å². The van der Waals surface area contributed by atoms with E-state index < -0.39 is 6.10 Å². The molecule has 0 saturated heterocycles. The molecule has 1 amide bonds. The summed E-state index contributed by atoms with van der Waals surface area (Å²) in [5.74, 6) is 1.33. The monoisotopic (exact) mass is 274 g/mol. The summed E-state index contributed by atoms with van der Waals surface area (Å²) in [6.45, 7) is 2.75. The van der Waals surface area contributed by atoms with Crippen LogP contribution >= 0.6 is 0 Å².